The Morgan fingerprint density at radius 2 is 2.43 bits per heavy atom. The van der Waals surface area contributed by atoms with Gasteiger partial charge < -0.3 is 0 Å². The first kappa shape index (κ1) is 4.36. The average Bonchev–Trinajstić information content (AvgIpc) is 2.26. The minimum absolute atomic E-state index is 1.00. The molecule has 0 nitrogen and oxygen atoms in total. The molecular formula is C6H7I. The molecule has 0 bridgehead atoms. The SMILES string of the molecule is IC1=C2CCCC12. The van der Waals surface area contributed by atoms with Gasteiger partial charge in [-0.2, -0.15) is 0 Å². The lowest BCUT2D eigenvalue weighted by molar-refractivity contribution is 0.803. The number of rotatable bonds is 0. The first-order valence-electron chi connectivity index (χ1n) is 2.78. The topological polar surface area (TPSA) is 0 Å². The molecule has 1 heteroatoms. The van der Waals surface area contributed by atoms with Crippen molar-refractivity contribution in [3.63, 3.8) is 0 Å². The molecule has 2 aliphatic rings. The van der Waals surface area contributed by atoms with E-state index in [2.05, 4.69) is 22.6 Å². The van der Waals surface area contributed by atoms with Crippen molar-refractivity contribution in [3.05, 3.63) is 9.15 Å². The van der Waals surface area contributed by atoms with E-state index < -0.39 is 0 Å². The van der Waals surface area contributed by atoms with E-state index >= 15 is 0 Å². The largest absolute Gasteiger partial charge is 0.0524 e. The van der Waals surface area contributed by atoms with E-state index in [1.54, 1.807) is 9.15 Å². The smallest absolute Gasteiger partial charge is 0.0117 e. The number of allylic oxidation sites excluding steroid dienone is 2. The molecule has 0 N–H and O–H groups in total. The third-order valence-electron chi connectivity index (χ3n) is 1.89. The van der Waals surface area contributed by atoms with Crippen molar-refractivity contribution in [2.75, 3.05) is 0 Å². The summed E-state index contributed by atoms with van der Waals surface area (Å²) in [5, 5.41) is 0. The van der Waals surface area contributed by atoms with Crippen molar-refractivity contribution in [2.45, 2.75) is 19.3 Å². The second-order valence-corrected chi connectivity index (χ2v) is 3.48. The quantitative estimate of drug-likeness (QED) is 0.534. The Hall–Kier alpha value is 0.470. The van der Waals surface area contributed by atoms with Gasteiger partial charge >= 0.3 is 0 Å². The molecule has 0 aliphatic heterocycles. The van der Waals surface area contributed by atoms with E-state index in [9.17, 15) is 0 Å². The highest BCUT2D eigenvalue weighted by atomic mass is 127. The van der Waals surface area contributed by atoms with Crippen molar-refractivity contribution < 1.29 is 0 Å². The lowest BCUT2D eigenvalue weighted by atomic mass is 10.3. The Morgan fingerprint density at radius 1 is 1.57 bits per heavy atom. The molecule has 2 rings (SSSR count). The number of halogens is 1. The summed E-state index contributed by atoms with van der Waals surface area (Å²) in [4.78, 5) is 0. The molecule has 0 saturated heterocycles. The van der Waals surface area contributed by atoms with Crippen LogP contribution < -0.4 is 0 Å². The minimum Gasteiger partial charge on any atom is -0.0524 e. The Labute approximate surface area is 57.1 Å². The Morgan fingerprint density at radius 3 is 2.71 bits per heavy atom. The second-order valence-electron chi connectivity index (χ2n) is 2.32. The van der Waals surface area contributed by atoms with Crippen molar-refractivity contribution >= 4 is 22.6 Å². The molecule has 1 fully saturated rings. The summed E-state index contributed by atoms with van der Waals surface area (Å²) in [5.74, 6) is 1.00. The summed E-state index contributed by atoms with van der Waals surface area (Å²) in [6, 6.07) is 0. The number of hydrogen-bond donors (Lipinski definition) is 0. The highest BCUT2D eigenvalue weighted by Crippen LogP contribution is 2.54. The lowest BCUT2D eigenvalue weighted by Gasteiger charge is -1.82. The molecule has 2 aliphatic carbocycles. The summed E-state index contributed by atoms with van der Waals surface area (Å²) < 4.78 is 1.68. The van der Waals surface area contributed by atoms with E-state index in [4.69, 9.17) is 0 Å². The van der Waals surface area contributed by atoms with Gasteiger partial charge in [0, 0.05) is 5.92 Å². The van der Waals surface area contributed by atoms with E-state index in [-0.39, 0.29) is 0 Å². The van der Waals surface area contributed by atoms with E-state index in [1.807, 2.05) is 0 Å². The van der Waals surface area contributed by atoms with Gasteiger partial charge in [-0.1, -0.05) is 5.57 Å². The second kappa shape index (κ2) is 1.24. The molecule has 1 atom stereocenters. The Balaban J connectivity index is 2.23. The van der Waals surface area contributed by atoms with Crippen LogP contribution in [0.1, 0.15) is 19.3 Å². The van der Waals surface area contributed by atoms with Crippen LogP contribution in [0.5, 0.6) is 0 Å². The van der Waals surface area contributed by atoms with E-state index in [0.717, 1.165) is 5.92 Å². The fraction of sp³-hybridized carbons (Fsp3) is 0.667. The van der Waals surface area contributed by atoms with Gasteiger partial charge in [-0.05, 0) is 45.4 Å². The molecule has 1 unspecified atom stereocenters. The van der Waals surface area contributed by atoms with Crippen LogP contribution in [0.2, 0.25) is 0 Å². The van der Waals surface area contributed by atoms with Gasteiger partial charge in [0.25, 0.3) is 0 Å². The molecular weight excluding hydrogens is 199 g/mol. The zero-order valence-corrected chi connectivity index (χ0v) is 6.23. The maximum absolute atomic E-state index is 2.47. The summed E-state index contributed by atoms with van der Waals surface area (Å²) >= 11 is 2.47. The summed E-state index contributed by atoms with van der Waals surface area (Å²) in [7, 11) is 0. The van der Waals surface area contributed by atoms with Crippen molar-refractivity contribution in [1.29, 1.82) is 0 Å². The lowest BCUT2D eigenvalue weighted by Crippen LogP contribution is -1.68. The van der Waals surface area contributed by atoms with Gasteiger partial charge in [0.1, 0.15) is 0 Å². The predicted molar refractivity (Wildman–Crippen MR) is 38.4 cm³/mol. The van der Waals surface area contributed by atoms with Gasteiger partial charge in [-0.25, -0.2) is 0 Å². The van der Waals surface area contributed by atoms with Gasteiger partial charge in [0.15, 0.2) is 0 Å². The molecule has 0 heterocycles. The predicted octanol–water partition coefficient (Wildman–Crippen LogP) is 2.49. The van der Waals surface area contributed by atoms with E-state index in [0.29, 0.717) is 0 Å². The molecule has 0 aromatic carbocycles. The zero-order chi connectivity index (χ0) is 4.85. The van der Waals surface area contributed by atoms with Gasteiger partial charge in [0.2, 0.25) is 0 Å². The van der Waals surface area contributed by atoms with Crippen molar-refractivity contribution in [1.82, 2.24) is 0 Å². The fourth-order valence-corrected chi connectivity index (χ4v) is 2.55. The molecule has 38 valence electrons. The first-order chi connectivity index (χ1) is 3.39. The number of fused-ring (bicyclic) bond motifs is 1. The minimum atomic E-state index is 1.00. The highest BCUT2D eigenvalue weighted by molar-refractivity contribution is 14.1. The zero-order valence-electron chi connectivity index (χ0n) is 4.08. The number of hydrogen-bond acceptors (Lipinski definition) is 0. The first-order valence-corrected chi connectivity index (χ1v) is 3.86. The van der Waals surface area contributed by atoms with Crippen LogP contribution >= 0.6 is 22.6 Å². The monoisotopic (exact) mass is 206 g/mol. The van der Waals surface area contributed by atoms with Crippen LogP contribution in [0.4, 0.5) is 0 Å². The molecule has 0 radical (unpaired) electrons. The van der Waals surface area contributed by atoms with Crippen LogP contribution in [-0.4, -0.2) is 0 Å². The van der Waals surface area contributed by atoms with Gasteiger partial charge in [-0.15, -0.1) is 0 Å². The third-order valence-corrected chi connectivity index (χ3v) is 3.33. The maximum Gasteiger partial charge on any atom is 0.0117 e. The summed E-state index contributed by atoms with van der Waals surface area (Å²) in [6.45, 7) is 0. The van der Waals surface area contributed by atoms with Crippen LogP contribution in [0.3, 0.4) is 0 Å². The standard InChI is InChI=1S/C6H7I/c7-6-4-2-1-3-5(4)6/h4H,1-3H2. The molecule has 0 aromatic rings. The van der Waals surface area contributed by atoms with Crippen LogP contribution in [0, 0.1) is 5.92 Å². The normalized spacial score (nSPS) is 36.4. The highest BCUT2D eigenvalue weighted by Gasteiger charge is 2.37. The molecule has 0 amide bonds. The molecule has 7 heavy (non-hydrogen) atoms. The Kier molecular flexibility index (Phi) is 0.775. The van der Waals surface area contributed by atoms with Crippen LogP contribution in [-0.2, 0) is 0 Å². The van der Waals surface area contributed by atoms with Gasteiger partial charge in [-0.3, -0.25) is 0 Å². The maximum atomic E-state index is 2.47. The Bertz CT molecular complexity index is 135. The molecule has 1 saturated carbocycles. The summed E-state index contributed by atoms with van der Waals surface area (Å²) in [6.07, 6.45) is 4.35. The summed E-state index contributed by atoms with van der Waals surface area (Å²) in [5.41, 5.74) is 1.78. The van der Waals surface area contributed by atoms with Gasteiger partial charge in [0.05, 0.1) is 0 Å². The van der Waals surface area contributed by atoms with Crippen molar-refractivity contribution in [3.8, 4) is 0 Å². The van der Waals surface area contributed by atoms with Crippen LogP contribution in [0.25, 0.3) is 0 Å². The molecule has 0 spiro atoms. The molecule has 0 aromatic heterocycles. The van der Waals surface area contributed by atoms with Crippen LogP contribution in [0.15, 0.2) is 9.15 Å². The fourth-order valence-electron chi connectivity index (χ4n) is 1.38. The van der Waals surface area contributed by atoms with E-state index in [1.165, 1.54) is 19.3 Å². The average molecular weight is 206 g/mol. The van der Waals surface area contributed by atoms with Crippen molar-refractivity contribution in [2.24, 2.45) is 5.92 Å². The third kappa shape index (κ3) is 0.477.